The van der Waals surface area contributed by atoms with E-state index in [2.05, 4.69) is 9.98 Å². The largest absolute Gasteiger partial charge is 0.433 e. The Balaban J connectivity index is 1.46. The van der Waals surface area contributed by atoms with Crippen molar-refractivity contribution in [2.75, 3.05) is 26.8 Å². The molecule has 1 amide bonds. The number of nitrogens with two attached hydrogens (primary N) is 1. The Morgan fingerprint density at radius 3 is 2.82 bits per heavy atom. The summed E-state index contributed by atoms with van der Waals surface area (Å²) in [5.41, 5.74) is 6.76. The number of nitrogens with zero attached hydrogens (tertiary/aromatic N) is 4. The van der Waals surface area contributed by atoms with E-state index in [1.165, 1.54) is 30.1 Å². The van der Waals surface area contributed by atoms with Crippen LogP contribution in [0.15, 0.2) is 29.3 Å². The fraction of sp³-hybridized carbons (Fsp3) is 0.409. The lowest BCUT2D eigenvalue weighted by atomic mass is 9.97. The maximum absolute atomic E-state index is 15.0. The Bertz CT molecular complexity index is 1170. The number of benzene rings is 1. The van der Waals surface area contributed by atoms with Gasteiger partial charge in [0, 0.05) is 30.9 Å². The lowest BCUT2D eigenvalue weighted by Crippen LogP contribution is -2.48. The van der Waals surface area contributed by atoms with Crippen molar-refractivity contribution in [3.8, 4) is 0 Å². The Hall–Kier alpha value is -3.21. The van der Waals surface area contributed by atoms with E-state index in [0.29, 0.717) is 55.1 Å². The van der Waals surface area contributed by atoms with Crippen LogP contribution in [0.25, 0.3) is 0 Å². The number of amides is 1. The van der Waals surface area contributed by atoms with Gasteiger partial charge in [-0.2, -0.15) is 13.2 Å². The average Bonchev–Trinajstić information content (AvgIpc) is 3.21. The number of pyridine rings is 1. The second kappa shape index (κ2) is 7.68. The first-order valence-electron chi connectivity index (χ1n) is 10.5. The van der Waals surface area contributed by atoms with Crippen molar-refractivity contribution in [3.05, 3.63) is 58.2 Å². The predicted octanol–water partition coefficient (Wildman–Crippen LogP) is 3.33. The number of alkyl halides is 3. The van der Waals surface area contributed by atoms with Gasteiger partial charge in [-0.1, -0.05) is 6.07 Å². The molecule has 2 aliphatic heterocycles. The van der Waals surface area contributed by atoms with Gasteiger partial charge in [0.25, 0.3) is 5.91 Å². The van der Waals surface area contributed by atoms with Crippen LogP contribution in [0.3, 0.4) is 0 Å². The molecule has 2 aromatic rings. The molecular formula is C22H21F4N5O2. The number of carbonyl (C=O) groups is 1. The van der Waals surface area contributed by atoms with E-state index < -0.39 is 29.6 Å². The van der Waals surface area contributed by atoms with Crippen molar-refractivity contribution in [2.24, 2.45) is 10.7 Å². The van der Waals surface area contributed by atoms with Crippen LogP contribution < -0.4 is 5.73 Å². The highest BCUT2D eigenvalue weighted by Crippen LogP contribution is 2.40. The minimum atomic E-state index is -4.54. The van der Waals surface area contributed by atoms with Crippen molar-refractivity contribution in [2.45, 2.75) is 31.1 Å². The predicted molar refractivity (Wildman–Crippen MR) is 110 cm³/mol. The van der Waals surface area contributed by atoms with Crippen molar-refractivity contribution < 1.29 is 27.1 Å². The molecule has 1 aromatic heterocycles. The van der Waals surface area contributed by atoms with Crippen molar-refractivity contribution in [3.63, 3.8) is 0 Å². The molecule has 0 spiro atoms. The van der Waals surface area contributed by atoms with Crippen molar-refractivity contribution >= 4 is 17.6 Å². The van der Waals surface area contributed by atoms with Gasteiger partial charge in [0.2, 0.25) is 0 Å². The highest BCUT2D eigenvalue weighted by molar-refractivity contribution is 5.96. The molecule has 33 heavy (non-hydrogen) atoms. The normalized spacial score (nSPS) is 21.7. The third-order valence-corrected chi connectivity index (χ3v) is 6.46. The molecule has 2 N–H and O–H groups in total. The number of fused-ring (bicyclic) bond motifs is 4. The summed E-state index contributed by atoms with van der Waals surface area (Å²) in [5.74, 6) is -1.03. The Labute approximate surface area is 186 Å². The molecule has 174 valence electrons. The lowest BCUT2D eigenvalue weighted by Gasteiger charge is -2.39. The molecule has 5 rings (SSSR count). The zero-order valence-corrected chi connectivity index (χ0v) is 17.7. The number of hydrogen-bond acceptors (Lipinski definition) is 6. The van der Waals surface area contributed by atoms with Crippen LogP contribution in [0.4, 0.5) is 23.2 Å². The second-order valence-corrected chi connectivity index (χ2v) is 8.35. The Morgan fingerprint density at radius 2 is 2.06 bits per heavy atom. The molecule has 3 aliphatic rings. The number of ether oxygens (including phenoxy) is 1. The third-order valence-electron chi connectivity index (χ3n) is 6.46. The van der Waals surface area contributed by atoms with Gasteiger partial charge in [0.15, 0.2) is 5.96 Å². The number of rotatable bonds is 2. The molecule has 0 unspecified atom stereocenters. The van der Waals surface area contributed by atoms with E-state index >= 15 is 0 Å². The van der Waals surface area contributed by atoms with E-state index in [9.17, 15) is 22.4 Å². The number of aliphatic imine (C=N–C) groups is 1. The monoisotopic (exact) mass is 463 g/mol. The van der Waals surface area contributed by atoms with Crippen LogP contribution in [-0.2, 0) is 17.3 Å². The summed E-state index contributed by atoms with van der Waals surface area (Å²) in [6.07, 6.45) is -3.83. The summed E-state index contributed by atoms with van der Waals surface area (Å²) in [7, 11) is 1.52. The van der Waals surface area contributed by atoms with Gasteiger partial charge in [-0.05, 0) is 30.5 Å². The number of carbonyl (C=O) groups excluding carboxylic acids is 1. The standard InChI is InChI=1S/C22H21F4N5O2/c1-30(17-4-3-15-11(17)2-5-19(28-15)22(24,25)26)20(32)12-8-13-16(9-14(12)23)29-21(27)31-6-7-33-10-18(13)31/h2,5,8-9,17-18H,3-4,6-7,10H2,1H3,(H2,27,29)/t17-,18+/m1/s1. The fourth-order valence-corrected chi connectivity index (χ4v) is 4.77. The van der Waals surface area contributed by atoms with Gasteiger partial charge in [0.1, 0.15) is 11.5 Å². The molecule has 11 heteroatoms. The molecular weight excluding hydrogens is 442 g/mol. The summed E-state index contributed by atoms with van der Waals surface area (Å²) >= 11 is 0. The molecule has 1 aliphatic carbocycles. The lowest BCUT2D eigenvalue weighted by molar-refractivity contribution is -0.141. The third kappa shape index (κ3) is 3.60. The Morgan fingerprint density at radius 1 is 1.27 bits per heavy atom. The number of halogens is 4. The van der Waals surface area contributed by atoms with E-state index in [1.807, 2.05) is 4.90 Å². The smallest absolute Gasteiger partial charge is 0.377 e. The van der Waals surface area contributed by atoms with Crippen LogP contribution in [0.1, 0.15) is 51.4 Å². The molecule has 0 bridgehead atoms. The molecule has 0 saturated carbocycles. The first-order chi connectivity index (χ1) is 15.6. The molecule has 1 aromatic carbocycles. The minimum Gasteiger partial charge on any atom is -0.377 e. The molecule has 1 saturated heterocycles. The molecule has 2 atom stereocenters. The summed E-state index contributed by atoms with van der Waals surface area (Å²) in [5, 5.41) is 0. The summed E-state index contributed by atoms with van der Waals surface area (Å²) in [4.78, 5) is 24.5. The first-order valence-corrected chi connectivity index (χ1v) is 10.5. The van der Waals surface area contributed by atoms with Crippen LogP contribution in [0, 0.1) is 5.82 Å². The summed E-state index contributed by atoms with van der Waals surface area (Å²) < 4.78 is 59.5. The summed E-state index contributed by atoms with van der Waals surface area (Å²) in [6, 6.07) is 4.16. The van der Waals surface area contributed by atoms with Gasteiger partial charge >= 0.3 is 6.18 Å². The highest BCUT2D eigenvalue weighted by Gasteiger charge is 2.38. The zero-order valence-electron chi connectivity index (χ0n) is 17.7. The zero-order chi connectivity index (χ0) is 23.5. The number of aryl methyl sites for hydroxylation is 1. The summed E-state index contributed by atoms with van der Waals surface area (Å²) in [6.45, 7) is 1.36. The maximum Gasteiger partial charge on any atom is 0.433 e. The van der Waals surface area contributed by atoms with Crippen LogP contribution >= 0.6 is 0 Å². The number of guanidine groups is 1. The van der Waals surface area contributed by atoms with Gasteiger partial charge in [0.05, 0.1) is 36.5 Å². The van der Waals surface area contributed by atoms with Gasteiger partial charge in [-0.15, -0.1) is 0 Å². The maximum atomic E-state index is 15.0. The van der Waals surface area contributed by atoms with Gasteiger partial charge < -0.3 is 20.3 Å². The number of morpholine rings is 1. The SMILES string of the molecule is CN(C(=O)c1cc2c(cc1F)N=C(N)N1CCOC[C@@H]21)[C@@H]1CCc2nc(C(F)(F)F)ccc21. The first kappa shape index (κ1) is 21.6. The van der Waals surface area contributed by atoms with E-state index in [1.54, 1.807) is 0 Å². The van der Waals surface area contributed by atoms with Gasteiger partial charge in [-0.3, -0.25) is 4.79 Å². The fourth-order valence-electron chi connectivity index (χ4n) is 4.77. The molecule has 3 heterocycles. The van der Waals surface area contributed by atoms with E-state index in [-0.39, 0.29) is 17.6 Å². The average molecular weight is 463 g/mol. The van der Waals surface area contributed by atoms with Crippen molar-refractivity contribution in [1.82, 2.24) is 14.8 Å². The number of hydrogen-bond donors (Lipinski definition) is 1. The van der Waals surface area contributed by atoms with Crippen LogP contribution in [0.2, 0.25) is 0 Å². The van der Waals surface area contributed by atoms with Gasteiger partial charge in [-0.25, -0.2) is 14.4 Å². The van der Waals surface area contributed by atoms with Crippen LogP contribution in [0.5, 0.6) is 0 Å². The van der Waals surface area contributed by atoms with Crippen molar-refractivity contribution in [1.29, 1.82) is 0 Å². The second-order valence-electron chi connectivity index (χ2n) is 8.35. The van der Waals surface area contributed by atoms with E-state index in [0.717, 1.165) is 6.07 Å². The Kier molecular flexibility index (Phi) is 5.04. The van der Waals surface area contributed by atoms with Crippen LogP contribution in [-0.4, -0.2) is 53.5 Å². The quantitative estimate of drug-likeness (QED) is 0.691. The topological polar surface area (TPSA) is 84.0 Å². The number of aromatic nitrogens is 1. The molecule has 1 fully saturated rings. The van der Waals surface area contributed by atoms with E-state index in [4.69, 9.17) is 10.5 Å². The molecule has 7 nitrogen and oxygen atoms in total. The highest BCUT2D eigenvalue weighted by atomic mass is 19.4. The molecule has 0 radical (unpaired) electrons. The minimum absolute atomic E-state index is 0.134.